The lowest BCUT2D eigenvalue weighted by Crippen LogP contribution is -2.25. The SMILES string of the molecule is Cc1nn(CCC#N)c(C)c1[C@@H]1C=C[C@@H](NCc2cccc(Cl)c2)C1. The van der Waals surface area contributed by atoms with Gasteiger partial charge in [0.15, 0.2) is 0 Å². The Kier molecular flexibility index (Phi) is 5.57. The van der Waals surface area contributed by atoms with Gasteiger partial charge in [-0.3, -0.25) is 4.68 Å². The highest BCUT2D eigenvalue weighted by atomic mass is 35.5. The maximum Gasteiger partial charge on any atom is 0.0641 e. The number of halogens is 1. The van der Waals surface area contributed by atoms with E-state index >= 15 is 0 Å². The first-order valence-electron chi connectivity index (χ1n) is 8.65. The Bertz CT molecular complexity index is 816. The van der Waals surface area contributed by atoms with Crippen LogP contribution in [0.1, 0.15) is 41.3 Å². The van der Waals surface area contributed by atoms with E-state index in [2.05, 4.69) is 48.6 Å². The third kappa shape index (κ3) is 4.12. The van der Waals surface area contributed by atoms with E-state index in [1.54, 1.807) is 0 Å². The Balaban J connectivity index is 1.62. The van der Waals surface area contributed by atoms with E-state index in [0.717, 1.165) is 23.7 Å². The summed E-state index contributed by atoms with van der Waals surface area (Å²) < 4.78 is 1.97. The molecule has 1 aliphatic rings. The first-order chi connectivity index (χ1) is 12.1. The van der Waals surface area contributed by atoms with Crippen molar-refractivity contribution in [2.75, 3.05) is 0 Å². The zero-order valence-electron chi connectivity index (χ0n) is 14.7. The molecule has 1 aromatic carbocycles. The summed E-state index contributed by atoms with van der Waals surface area (Å²) in [6.07, 6.45) is 6.06. The van der Waals surface area contributed by atoms with E-state index in [-0.39, 0.29) is 0 Å². The lowest BCUT2D eigenvalue weighted by atomic mass is 9.96. The van der Waals surface area contributed by atoms with Crippen LogP contribution in [0.15, 0.2) is 36.4 Å². The molecule has 1 N–H and O–H groups in total. The van der Waals surface area contributed by atoms with Crippen LogP contribution >= 0.6 is 11.6 Å². The van der Waals surface area contributed by atoms with E-state index in [0.29, 0.717) is 24.9 Å². The number of rotatable bonds is 6. The van der Waals surface area contributed by atoms with Crippen LogP contribution < -0.4 is 5.32 Å². The van der Waals surface area contributed by atoms with E-state index < -0.39 is 0 Å². The third-order valence-corrected chi connectivity index (χ3v) is 5.02. The van der Waals surface area contributed by atoms with E-state index in [1.165, 1.54) is 16.8 Å². The van der Waals surface area contributed by atoms with Gasteiger partial charge in [-0.15, -0.1) is 0 Å². The summed E-state index contributed by atoms with van der Waals surface area (Å²) in [6, 6.07) is 10.5. The fraction of sp³-hybridized carbons (Fsp3) is 0.400. The van der Waals surface area contributed by atoms with Gasteiger partial charge in [-0.1, -0.05) is 35.9 Å². The summed E-state index contributed by atoms with van der Waals surface area (Å²) in [5, 5.41) is 17.8. The molecule has 2 atom stereocenters. The Morgan fingerprint density at radius 2 is 2.20 bits per heavy atom. The van der Waals surface area contributed by atoms with Crippen LogP contribution in [0.5, 0.6) is 0 Å². The molecule has 1 aromatic heterocycles. The summed E-state index contributed by atoms with van der Waals surface area (Å²) >= 11 is 6.05. The van der Waals surface area contributed by atoms with Gasteiger partial charge >= 0.3 is 0 Å². The molecule has 0 spiro atoms. The predicted molar refractivity (Wildman–Crippen MR) is 101 cm³/mol. The Morgan fingerprint density at radius 3 is 2.96 bits per heavy atom. The molecule has 0 fully saturated rings. The van der Waals surface area contributed by atoms with Crippen LogP contribution in [-0.4, -0.2) is 15.8 Å². The van der Waals surface area contributed by atoms with Crippen molar-refractivity contribution in [3.05, 3.63) is 64.0 Å². The quantitative estimate of drug-likeness (QED) is 0.788. The molecular formula is C20H23ClN4. The molecule has 1 heterocycles. The molecule has 25 heavy (non-hydrogen) atoms. The Morgan fingerprint density at radius 1 is 1.36 bits per heavy atom. The number of hydrogen-bond acceptors (Lipinski definition) is 3. The van der Waals surface area contributed by atoms with Crippen LogP contribution in [0.3, 0.4) is 0 Å². The molecule has 130 valence electrons. The number of nitrogens with one attached hydrogen (secondary N) is 1. The highest BCUT2D eigenvalue weighted by Gasteiger charge is 2.25. The standard InChI is InChI=1S/C20H23ClN4/c1-14-20(15(2)25(24-14)10-4-9-22)17-7-8-19(12-17)23-13-16-5-3-6-18(21)11-16/h3,5-8,11,17,19,23H,4,10,12-13H2,1-2H3/t17-,19-/m1/s1. The number of nitriles is 1. The minimum atomic E-state index is 0.352. The highest BCUT2D eigenvalue weighted by molar-refractivity contribution is 6.30. The highest BCUT2D eigenvalue weighted by Crippen LogP contribution is 2.33. The van der Waals surface area contributed by atoms with Crippen molar-refractivity contribution in [2.45, 2.75) is 51.7 Å². The lowest BCUT2D eigenvalue weighted by Gasteiger charge is -2.15. The first kappa shape index (κ1) is 17.7. The average molecular weight is 355 g/mol. The summed E-state index contributed by atoms with van der Waals surface area (Å²) in [6.45, 7) is 5.64. The van der Waals surface area contributed by atoms with Crippen LogP contribution in [0.25, 0.3) is 0 Å². The molecule has 1 aliphatic carbocycles. The molecule has 4 nitrogen and oxygen atoms in total. The second-order valence-corrected chi connectivity index (χ2v) is 7.00. The zero-order chi connectivity index (χ0) is 17.8. The number of nitrogens with zero attached hydrogens (tertiary/aromatic N) is 3. The number of allylic oxidation sites excluding steroid dienone is 1. The van der Waals surface area contributed by atoms with Crippen LogP contribution in [0.4, 0.5) is 0 Å². The molecular weight excluding hydrogens is 332 g/mol. The third-order valence-electron chi connectivity index (χ3n) is 4.78. The van der Waals surface area contributed by atoms with Crippen molar-refractivity contribution >= 4 is 11.6 Å². The summed E-state index contributed by atoms with van der Waals surface area (Å²) in [5.74, 6) is 0.382. The second kappa shape index (κ2) is 7.86. The Hall–Kier alpha value is -2.09. The molecule has 5 heteroatoms. The summed E-state index contributed by atoms with van der Waals surface area (Å²) in [4.78, 5) is 0. The lowest BCUT2D eigenvalue weighted by molar-refractivity contribution is 0.557. The molecule has 0 amide bonds. The fourth-order valence-electron chi connectivity index (χ4n) is 3.58. The number of hydrogen-bond donors (Lipinski definition) is 1. The molecule has 3 rings (SSSR count). The second-order valence-electron chi connectivity index (χ2n) is 6.56. The zero-order valence-corrected chi connectivity index (χ0v) is 15.4. The number of aromatic nitrogens is 2. The largest absolute Gasteiger partial charge is 0.306 e. The van der Waals surface area contributed by atoms with Crippen molar-refractivity contribution in [3.63, 3.8) is 0 Å². The normalized spacial score (nSPS) is 19.3. The number of aryl methyl sites for hydroxylation is 2. The summed E-state index contributed by atoms with van der Waals surface area (Å²) in [7, 11) is 0. The van der Waals surface area contributed by atoms with Gasteiger partial charge in [0.05, 0.1) is 24.7 Å². The molecule has 0 bridgehead atoms. The van der Waals surface area contributed by atoms with Crippen molar-refractivity contribution < 1.29 is 0 Å². The van der Waals surface area contributed by atoms with Crippen LogP contribution in [0.2, 0.25) is 5.02 Å². The molecule has 0 saturated heterocycles. The minimum absolute atomic E-state index is 0.352. The van der Waals surface area contributed by atoms with Gasteiger partial charge in [0.2, 0.25) is 0 Å². The van der Waals surface area contributed by atoms with Crippen molar-refractivity contribution in [1.82, 2.24) is 15.1 Å². The molecule has 2 aromatic rings. The Labute approximate surface area is 154 Å². The van der Waals surface area contributed by atoms with Gasteiger partial charge < -0.3 is 5.32 Å². The average Bonchev–Trinajstić information content (AvgIpc) is 3.15. The van der Waals surface area contributed by atoms with Crippen LogP contribution in [-0.2, 0) is 13.1 Å². The molecule has 0 radical (unpaired) electrons. The van der Waals surface area contributed by atoms with Gasteiger partial charge in [0, 0.05) is 34.8 Å². The number of benzene rings is 1. The van der Waals surface area contributed by atoms with Gasteiger partial charge in [-0.05, 0) is 38.0 Å². The summed E-state index contributed by atoms with van der Waals surface area (Å²) in [5.41, 5.74) is 4.75. The maximum absolute atomic E-state index is 8.79. The van der Waals surface area contributed by atoms with Crippen molar-refractivity contribution in [3.8, 4) is 6.07 Å². The topological polar surface area (TPSA) is 53.6 Å². The minimum Gasteiger partial charge on any atom is -0.306 e. The molecule has 0 unspecified atom stereocenters. The van der Waals surface area contributed by atoms with Gasteiger partial charge in [-0.25, -0.2) is 0 Å². The van der Waals surface area contributed by atoms with Crippen molar-refractivity contribution in [1.29, 1.82) is 5.26 Å². The van der Waals surface area contributed by atoms with E-state index in [1.807, 2.05) is 22.9 Å². The van der Waals surface area contributed by atoms with E-state index in [4.69, 9.17) is 16.9 Å². The smallest absolute Gasteiger partial charge is 0.0641 e. The monoisotopic (exact) mass is 354 g/mol. The molecule has 0 aliphatic heterocycles. The first-order valence-corrected chi connectivity index (χ1v) is 9.03. The van der Waals surface area contributed by atoms with Crippen molar-refractivity contribution in [2.24, 2.45) is 0 Å². The predicted octanol–water partition coefficient (Wildman–Crippen LogP) is 4.27. The van der Waals surface area contributed by atoms with Gasteiger partial charge in [0.1, 0.15) is 0 Å². The maximum atomic E-state index is 8.79. The molecule has 0 saturated carbocycles. The van der Waals surface area contributed by atoms with Gasteiger partial charge in [0.25, 0.3) is 0 Å². The van der Waals surface area contributed by atoms with Crippen LogP contribution in [0, 0.1) is 25.2 Å². The van der Waals surface area contributed by atoms with Gasteiger partial charge in [-0.2, -0.15) is 10.4 Å². The fourth-order valence-corrected chi connectivity index (χ4v) is 3.79. The van der Waals surface area contributed by atoms with E-state index in [9.17, 15) is 0 Å².